The molecule has 1 aromatic rings. The van der Waals surface area contributed by atoms with E-state index in [2.05, 4.69) is 0 Å². The maximum atomic E-state index is 12.2. The highest BCUT2D eigenvalue weighted by molar-refractivity contribution is 7.99. The van der Waals surface area contributed by atoms with Gasteiger partial charge in [0.15, 0.2) is 23.6 Å². The van der Waals surface area contributed by atoms with Crippen molar-refractivity contribution in [3.05, 3.63) is 35.9 Å². The van der Waals surface area contributed by atoms with Gasteiger partial charge in [-0.05, 0) is 18.2 Å². The molecule has 0 N–H and O–H groups in total. The zero-order chi connectivity index (χ0) is 16.1. The second kappa shape index (κ2) is 7.58. The minimum absolute atomic E-state index is 0.181. The number of carbonyl (C=O) groups excluding carboxylic acids is 3. The number of benzene rings is 1. The molecule has 5 heteroatoms. The van der Waals surface area contributed by atoms with E-state index in [1.807, 2.05) is 43.5 Å². The van der Waals surface area contributed by atoms with Gasteiger partial charge in [0, 0.05) is 18.1 Å². The Morgan fingerprint density at radius 3 is 2.59 bits per heavy atom. The molecular weight excluding hydrogens is 300 g/mol. The predicted octanol–water partition coefficient (Wildman–Crippen LogP) is 2.44. The highest BCUT2D eigenvalue weighted by atomic mass is 32.2. The van der Waals surface area contributed by atoms with E-state index in [-0.39, 0.29) is 23.2 Å². The maximum Gasteiger partial charge on any atom is 0.325 e. The number of carbonyl (C=O) groups is 3. The summed E-state index contributed by atoms with van der Waals surface area (Å²) in [6.45, 7) is 1.97. The van der Waals surface area contributed by atoms with Gasteiger partial charge in [-0.25, -0.2) is 0 Å². The van der Waals surface area contributed by atoms with Crippen LogP contribution in [0.2, 0.25) is 0 Å². The Balaban J connectivity index is 1.94. The van der Waals surface area contributed by atoms with Crippen molar-refractivity contribution in [3.63, 3.8) is 0 Å². The second-order valence-electron chi connectivity index (χ2n) is 5.49. The topological polar surface area (TPSA) is 60.4 Å². The van der Waals surface area contributed by atoms with E-state index in [1.54, 1.807) is 11.8 Å². The summed E-state index contributed by atoms with van der Waals surface area (Å²) in [6, 6.07) is 9.54. The molecule has 2 rings (SSSR count). The monoisotopic (exact) mass is 320 g/mol. The summed E-state index contributed by atoms with van der Waals surface area (Å²) in [7, 11) is 0. The molecule has 1 aliphatic rings. The van der Waals surface area contributed by atoms with Gasteiger partial charge in [-0.3, -0.25) is 14.4 Å². The lowest BCUT2D eigenvalue weighted by Gasteiger charge is -2.12. The second-order valence-corrected chi connectivity index (χ2v) is 6.77. The van der Waals surface area contributed by atoms with E-state index in [0.29, 0.717) is 12.8 Å². The maximum absolute atomic E-state index is 12.2. The lowest BCUT2D eigenvalue weighted by Crippen LogP contribution is -2.29. The quantitative estimate of drug-likeness (QED) is 0.570. The molecule has 0 bridgehead atoms. The average Bonchev–Trinajstić information content (AvgIpc) is 2.80. The van der Waals surface area contributed by atoms with Crippen molar-refractivity contribution in [2.45, 2.75) is 37.5 Å². The number of hydrogen-bond donors (Lipinski definition) is 0. The van der Waals surface area contributed by atoms with Crippen LogP contribution in [0, 0.1) is 5.92 Å². The summed E-state index contributed by atoms with van der Waals surface area (Å²) < 4.78 is 5.11. The number of thioether (sulfide) groups is 1. The van der Waals surface area contributed by atoms with Crippen LogP contribution in [-0.4, -0.2) is 35.1 Å². The third-order valence-electron chi connectivity index (χ3n) is 3.87. The summed E-state index contributed by atoms with van der Waals surface area (Å²) in [5, 5.41) is 0.208. The van der Waals surface area contributed by atoms with Crippen LogP contribution in [-0.2, 0) is 25.5 Å². The summed E-state index contributed by atoms with van der Waals surface area (Å²) in [5.74, 6) is -2.61. The lowest BCUT2D eigenvalue weighted by atomic mass is 9.93. The van der Waals surface area contributed by atoms with Crippen LogP contribution in [0.25, 0.3) is 0 Å². The summed E-state index contributed by atoms with van der Waals surface area (Å²) in [6.07, 6.45) is 2.35. The fourth-order valence-electron chi connectivity index (χ4n) is 2.48. The van der Waals surface area contributed by atoms with Crippen LogP contribution in [0.1, 0.15) is 25.3 Å². The Labute approximate surface area is 134 Å². The molecule has 0 spiro atoms. The molecule has 3 unspecified atom stereocenters. The third-order valence-corrected chi connectivity index (χ3v) is 4.87. The molecule has 1 heterocycles. The molecule has 118 valence electrons. The van der Waals surface area contributed by atoms with Crippen LogP contribution in [0.15, 0.2) is 30.3 Å². The Hall–Kier alpha value is -1.62. The standard InChI is InChI=1S/C17H20O4S/c1-11(22-2)10-14-16(19)15(17(20)21-14)13(18)9-8-12-6-4-3-5-7-12/h3-7,11,14-15H,8-10H2,1-2H3. The highest BCUT2D eigenvalue weighted by Gasteiger charge is 2.47. The van der Waals surface area contributed by atoms with Crippen molar-refractivity contribution in [3.8, 4) is 0 Å². The van der Waals surface area contributed by atoms with Crippen molar-refractivity contribution < 1.29 is 19.1 Å². The van der Waals surface area contributed by atoms with Gasteiger partial charge in [0.05, 0.1) is 0 Å². The zero-order valence-electron chi connectivity index (χ0n) is 12.8. The number of ether oxygens (including phenoxy) is 1. The first-order chi connectivity index (χ1) is 10.5. The fraction of sp³-hybridized carbons (Fsp3) is 0.471. The van der Waals surface area contributed by atoms with Crippen LogP contribution in [0.3, 0.4) is 0 Å². The first kappa shape index (κ1) is 16.7. The van der Waals surface area contributed by atoms with Gasteiger partial charge in [0.25, 0.3) is 0 Å². The molecule has 4 nitrogen and oxygen atoms in total. The third kappa shape index (κ3) is 3.97. The summed E-state index contributed by atoms with van der Waals surface area (Å²) in [5.41, 5.74) is 1.02. The van der Waals surface area contributed by atoms with E-state index in [4.69, 9.17) is 4.74 Å². The minimum atomic E-state index is -1.22. The van der Waals surface area contributed by atoms with Gasteiger partial charge in [0.2, 0.25) is 0 Å². The number of Topliss-reactive ketones (excluding diaryl/α,β-unsaturated/α-hetero) is 2. The smallest absolute Gasteiger partial charge is 0.325 e. The molecule has 0 amide bonds. The highest BCUT2D eigenvalue weighted by Crippen LogP contribution is 2.26. The first-order valence-electron chi connectivity index (χ1n) is 7.36. The number of cyclic esters (lactones) is 1. The Kier molecular flexibility index (Phi) is 5.77. The van der Waals surface area contributed by atoms with Gasteiger partial charge in [-0.1, -0.05) is 37.3 Å². The average molecular weight is 320 g/mol. The number of hydrogen-bond acceptors (Lipinski definition) is 5. The molecule has 1 aliphatic heterocycles. The SMILES string of the molecule is CSC(C)CC1OC(=O)C(C(=O)CCc2ccccc2)C1=O. The van der Waals surface area contributed by atoms with Crippen molar-refractivity contribution >= 4 is 29.3 Å². The van der Waals surface area contributed by atoms with Crippen LogP contribution in [0.5, 0.6) is 0 Å². The molecule has 1 saturated heterocycles. The Morgan fingerprint density at radius 2 is 1.95 bits per heavy atom. The summed E-state index contributed by atoms with van der Waals surface area (Å²) >= 11 is 1.60. The molecule has 1 fully saturated rings. The van der Waals surface area contributed by atoms with E-state index >= 15 is 0 Å². The zero-order valence-corrected chi connectivity index (χ0v) is 13.6. The number of ketones is 2. The molecule has 3 atom stereocenters. The molecule has 0 aliphatic carbocycles. The molecule has 0 radical (unpaired) electrons. The van der Waals surface area contributed by atoms with Gasteiger partial charge in [0.1, 0.15) is 0 Å². The van der Waals surface area contributed by atoms with Crippen LogP contribution >= 0.6 is 11.8 Å². The molecule has 0 saturated carbocycles. The van der Waals surface area contributed by atoms with Gasteiger partial charge >= 0.3 is 5.97 Å². The van der Waals surface area contributed by atoms with Crippen molar-refractivity contribution in [2.75, 3.05) is 6.26 Å². The van der Waals surface area contributed by atoms with E-state index in [1.165, 1.54) is 0 Å². The number of rotatable bonds is 7. The minimum Gasteiger partial charge on any atom is -0.453 e. The number of esters is 1. The predicted molar refractivity (Wildman–Crippen MR) is 85.7 cm³/mol. The molecule has 22 heavy (non-hydrogen) atoms. The number of aryl methyl sites for hydroxylation is 1. The van der Waals surface area contributed by atoms with Gasteiger partial charge in [-0.15, -0.1) is 0 Å². The fourth-order valence-corrected chi connectivity index (χ4v) is 2.84. The van der Waals surface area contributed by atoms with Crippen molar-refractivity contribution in [2.24, 2.45) is 5.92 Å². The van der Waals surface area contributed by atoms with E-state index < -0.39 is 18.0 Å². The Morgan fingerprint density at radius 1 is 1.27 bits per heavy atom. The largest absolute Gasteiger partial charge is 0.453 e. The normalized spacial score (nSPS) is 22.5. The first-order valence-corrected chi connectivity index (χ1v) is 8.65. The van der Waals surface area contributed by atoms with Gasteiger partial charge in [-0.2, -0.15) is 11.8 Å². The molecule has 0 aromatic heterocycles. The lowest BCUT2D eigenvalue weighted by molar-refractivity contribution is -0.146. The van der Waals surface area contributed by atoms with Crippen LogP contribution in [0.4, 0.5) is 0 Å². The Bertz CT molecular complexity index is 555. The van der Waals surface area contributed by atoms with Crippen molar-refractivity contribution in [1.82, 2.24) is 0 Å². The van der Waals surface area contributed by atoms with Crippen LogP contribution < -0.4 is 0 Å². The van der Waals surface area contributed by atoms with E-state index in [0.717, 1.165) is 5.56 Å². The molecule has 1 aromatic carbocycles. The van der Waals surface area contributed by atoms with Crippen molar-refractivity contribution in [1.29, 1.82) is 0 Å². The van der Waals surface area contributed by atoms with Gasteiger partial charge < -0.3 is 4.74 Å². The summed E-state index contributed by atoms with van der Waals surface area (Å²) in [4.78, 5) is 36.3. The van der Waals surface area contributed by atoms with E-state index in [9.17, 15) is 14.4 Å². The molecular formula is C17H20O4S.